The fraction of sp³-hybridized carbons (Fsp3) is 0.167. The number of rotatable bonds is 2. The maximum atomic E-state index is 11.9. The standard InChI is InChI=1S/C12H12N2O2S/c1-7-11(17-8(2)13-7)12(16)14-9-3-5-10(15)6-4-9/h3-6,15H,1-2H3,(H,14,16). The second-order valence-electron chi connectivity index (χ2n) is 3.65. The van der Waals surface area contributed by atoms with Crippen LogP contribution < -0.4 is 5.32 Å². The van der Waals surface area contributed by atoms with E-state index < -0.39 is 0 Å². The molecule has 0 spiro atoms. The highest BCUT2D eigenvalue weighted by molar-refractivity contribution is 7.13. The van der Waals surface area contributed by atoms with Gasteiger partial charge in [0.25, 0.3) is 5.91 Å². The van der Waals surface area contributed by atoms with Crippen LogP contribution in [0.15, 0.2) is 24.3 Å². The second kappa shape index (κ2) is 4.55. The molecule has 0 saturated heterocycles. The van der Waals surface area contributed by atoms with E-state index in [1.165, 1.54) is 23.5 Å². The lowest BCUT2D eigenvalue weighted by molar-refractivity contribution is 0.103. The number of aromatic hydroxyl groups is 1. The van der Waals surface area contributed by atoms with Gasteiger partial charge >= 0.3 is 0 Å². The van der Waals surface area contributed by atoms with Crippen LogP contribution in [-0.2, 0) is 0 Å². The summed E-state index contributed by atoms with van der Waals surface area (Å²) >= 11 is 1.37. The smallest absolute Gasteiger partial charge is 0.267 e. The average Bonchev–Trinajstić information content (AvgIpc) is 2.61. The van der Waals surface area contributed by atoms with Gasteiger partial charge in [-0.05, 0) is 38.1 Å². The van der Waals surface area contributed by atoms with Gasteiger partial charge in [-0.15, -0.1) is 11.3 Å². The maximum absolute atomic E-state index is 11.9. The summed E-state index contributed by atoms with van der Waals surface area (Å²) < 4.78 is 0. The molecule has 5 heteroatoms. The van der Waals surface area contributed by atoms with Crippen molar-refractivity contribution in [2.75, 3.05) is 5.32 Å². The summed E-state index contributed by atoms with van der Waals surface area (Å²) in [4.78, 5) is 16.8. The number of aromatic nitrogens is 1. The molecule has 0 aliphatic heterocycles. The molecule has 1 amide bonds. The molecule has 0 atom stereocenters. The Balaban J connectivity index is 2.17. The molecule has 4 nitrogen and oxygen atoms in total. The van der Waals surface area contributed by atoms with Crippen molar-refractivity contribution in [1.82, 2.24) is 4.98 Å². The summed E-state index contributed by atoms with van der Waals surface area (Å²) in [6, 6.07) is 6.35. The van der Waals surface area contributed by atoms with Gasteiger partial charge in [0, 0.05) is 5.69 Å². The normalized spacial score (nSPS) is 10.2. The average molecular weight is 248 g/mol. The Morgan fingerprint density at radius 1 is 1.29 bits per heavy atom. The molecule has 1 heterocycles. The first-order valence-corrected chi connectivity index (χ1v) is 5.92. The van der Waals surface area contributed by atoms with Gasteiger partial charge < -0.3 is 10.4 Å². The molecule has 17 heavy (non-hydrogen) atoms. The number of benzene rings is 1. The van der Waals surface area contributed by atoms with Gasteiger partial charge in [0.2, 0.25) is 0 Å². The lowest BCUT2D eigenvalue weighted by Gasteiger charge is -2.03. The summed E-state index contributed by atoms with van der Waals surface area (Å²) in [6.07, 6.45) is 0. The molecule has 0 bridgehead atoms. The van der Waals surface area contributed by atoms with E-state index in [1.54, 1.807) is 12.1 Å². The molecule has 0 unspecified atom stereocenters. The fourth-order valence-corrected chi connectivity index (χ4v) is 2.29. The molecule has 2 N–H and O–H groups in total. The number of nitrogens with one attached hydrogen (secondary N) is 1. The monoisotopic (exact) mass is 248 g/mol. The first-order valence-electron chi connectivity index (χ1n) is 5.10. The lowest BCUT2D eigenvalue weighted by atomic mass is 10.3. The minimum atomic E-state index is -0.168. The van der Waals surface area contributed by atoms with Gasteiger partial charge in [0.1, 0.15) is 10.6 Å². The van der Waals surface area contributed by atoms with E-state index >= 15 is 0 Å². The number of phenols is 1. The van der Waals surface area contributed by atoms with E-state index in [1.807, 2.05) is 13.8 Å². The third-order valence-corrected chi connectivity index (χ3v) is 3.31. The van der Waals surface area contributed by atoms with Crippen LogP contribution in [0, 0.1) is 13.8 Å². The van der Waals surface area contributed by atoms with Crippen LogP contribution in [0.25, 0.3) is 0 Å². The summed E-state index contributed by atoms with van der Waals surface area (Å²) in [5.74, 6) is 0.00611. The molecule has 0 saturated carbocycles. The van der Waals surface area contributed by atoms with Crippen molar-refractivity contribution in [3.8, 4) is 5.75 Å². The van der Waals surface area contributed by atoms with Gasteiger partial charge in [-0.2, -0.15) is 0 Å². The topological polar surface area (TPSA) is 62.2 Å². The number of carbonyl (C=O) groups excluding carboxylic acids is 1. The highest BCUT2D eigenvalue weighted by Gasteiger charge is 2.13. The van der Waals surface area contributed by atoms with Crippen molar-refractivity contribution in [3.05, 3.63) is 39.8 Å². The van der Waals surface area contributed by atoms with Crippen LogP contribution in [0.3, 0.4) is 0 Å². The van der Waals surface area contributed by atoms with E-state index in [0.717, 1.165) is 10.7 Å². The van der Waals surface area contributed by atoms with Gasteiger partial charge in [-0.1, -0.05) is 0 Å². The number of amides is 1. The zero-order chi connectivity index (χ0) is 12.4. The van der Waals surface area contributed by atoms with Crippen molar-refractivity contribution in [2.45, 2.75) is 13.8 Å². The molecule has 1 aromatic heterocycles. The first-order chi connectivity index (χ1) is 8.06. The highest BCUT2D eigenvalue weighted by atomic mass is 32.1. The minimum Gasteiger partial charge on any atom is -0.508 e. The number of phenolic OH excluding ortho intramolecular Hbond substituents is 1. The predicted octanol–water partition coefficient (Wildman–Crippen LogP) is 2.72. The zero-order valence-electron chi connectivity index (χ0n) is 9.52. The molecule has 2 aromatic rings. The van der Waals surface area contributed by atoms with Crippen LogP contribution in [0.5, 0.6) is 5.75 Å². The molecule has 0 radical (unpaired) electrons. The molecular weight excluding hydrogens is 236 g/mol. The van der Waals surface area contributed by atoms with Gasteiger partial charge in [0.05, 0.1) is 10.7 Å². The molecule has 1 aromatic carbocycles. The number of hydrogen-bond donors (Lipinski definition) is 2. The lowest BCUT2D eigenvalue weighted by Crippen LogP contribution is -2.11. The molecule has 0 aliphatic rings. The largest absolute Gasteiger partial charge is 0.508 e. The van der Waals surface area contributed by atoms with Crippen molar-refractivity contribution < 1.29 is 9.90 Å². The van der Waals surface area contributed by atoms with Crippen LogP contribution >= 0.6 is 11.3 Å². The van der Waals surface area contributed by atoms with Crippen molar-refractivity contribution in [3.63, 3.8) is 0 Å². The van der Waals surface area contributed by atoms with Gasteiger partial charge in [-0.3, -0.25) is 4.79 Å². The van der Waals surface area contributed by atoms with Crippen LogP contribution in [0.1, 0.15) is 20.4 Å². The molecule has 0 aliphatic carbocycles. The second-order valence-corrected chi connectivity index (χ2v) is 4.85. The molecular formula is C12H12N2O2S. The van der Waals surface area contributed by atoms with Crippen molar-refractivity contribution in [2.24, 2.45) is 0 Å². The maximum Gasteiger partial charge on any atom is 0.267 e. The Hall–Kier alpha value is -1.88. The van der Waals surface area contributed by atoms with E-state index in [2.05, 4.69) is 10.3 Å². The molecule has 88 valence electrons. The summed E-state index contributed by atoms with van der Waals surface area (Å²) in [7, 11) is 0. The summed E-state index contributed by atoms with van der Waals surface area (Å²) in [5, 5.41) is 12.8. The number of nitrogens with zero attached hydrogens (tertiary/aromatic N) is 1. The number of thiazole rings is 1. The fourth-order valence-electron chi connectivity index (χ4n) is 1.47. The Bertz CT molecular complexity index is 546. The van der Waals surface area contributed by atoms with E-state index in [4.69, 9.17) is 5.11 Å². The summed E-state index contributed by atoms with van der Waals surface area (Å²) in [6.45, 7) is 3.68. The van der Waals surface area contributed by atoms with E-state index in [0.29, 0.717) is 10.6 Å². The van der Waals surface area contributed by atoms with E-state index in [-0.39, 0.29) is 11.7 Å². The first kappa shape index (κ1) is 11.6. The third-order valence-electron chi connectivity index (χ3n) is 2.23. The quantitative estimate of drug-likeness (QED) is 0.803. The number of hydrogen-bond acceptors (Lipinski definition) is 4. The Labute approximate surface area is 103 Å². The molecule has 2 rings (SSSR count). The Morgan fingerprint density at radius 3 is 2.47 bits per heavy atom. The van der Waals surface area contributed by atoms with Crippen LogP contribution in [0.4, 0.5) is 5.69 Å². The van der Waals surface area contributed by atoms with Gasteiger partial charge in [-0.25, -0.2) is 4.98 Å². The third kappa shape index (κ3) is 2.62. The predicted molar refractivity (Wildman–Crippen MR) is 67.6 cm³/mol. The minimum absolute atomic E-state index is 0.168. The highest BCUT2D eigenvalue weighted by Crippen LogP contribution is 2.20. The van der Waals surface area contributed by atoms with Crippen molar-refractivity contribution >= 4 is 22.9 Å². The van der Waals surface area contributed by atoms with Gasteiger partial charge in [0.15, 0.2) is 0 Å². The van der Waals surface area contributed by atoms with Crippen LogP contribution in [-0.4, -0.2) is 16.0 Å². The van der Waals surface area contributed by atoms with E-state index in [9.17, 15) is 4.79 Å². The number of carbonyl (C=O) groups is 1. The Kier molecular flexibility index (Phi) is 3.10. The van der Waals surface area contributed by atoms with Crippen molar-refractivity contribution in [1.29, 1.82) is 0 Å². The Morgan fingerprint density at radius 2 is 1.94 bits per heavy atom. The summed E-state index contributed by atoms with van der Waals surface area (Å²) in [5.41, 5.74) is 1.39. The molecule has 0 fully saturated rings. The zero-order valence-corrected chi connectivity index (χ0v) is 10.3. The number of anilines is 1. The van der Waals surface area contributed by atoms with Crippen LogP contribution in [0.2, 0.25) is 0 Å². The SMILES string of the molecule is Cc1nc(C)c(C(=O)Nc2ccc(O)cc2)s1. The number of aryl methyl sites for hydroxylation is 2.